The predicted molar refractivity (Wildman–Crippen MR) is 95.9 cm³/mol. The summed E-state index contributed by atoms with van der Waals surface area (Å²) in [6.45, 7) is 4.71. The first-order valence-electron chi connectivity index (χ1n) is 7.91. The van der Waals surface area contributed by atoms with Gasteiger partial charge in [-0.3, -0.25) is 4.79 Å². The van der Waals surface area contributed by atoms with Gasteiger partial charge < -0.3 is 5.32 Å². The van der Waals surface area contributed by atoms with Crippen molar-refractivity contribution in [3.8, 4) is 11.1 Å². The molecule has 0 aliphatic rings. The Morgan fingerprint density at radius 1 is 1.12 bits per heavy atom. The smallest absolute Gasteiger partial charge is 0.251 e. The molecule has 0 saturated carbocycles. The highest BCUT2D eigenvalue weighted by Crippen LogP contribution is 2.22. The summed E-state index contributed by atoms with van der Waals surface area (Å²) in [5, 5.41) is 15.5. The Kier molecular flexibility index (Phi) is 5.05. The van der Waals surface area contributed by atoms with Gasteiger partial charge in [0.05, 0.1) is 25.0 Å². The van der Waals surface area contributed by atoms with Gasteiger partial charge in [0.2, 0.25) is 0 Å². The van der Waals surface area contributed by atoms with Gasteiger partial charge in [-0.05, 0) is 46.0 Å². The molecular formula is C18H20N4OS. The minimum atomic E-state index is -0.0716. The quantitative estimate of drug-likeness (QED) is 0.747. The standard InChI is InChI=1S/C18H20N4OS/c1-13(2)17(11-22-19-8-9-20-22)21-18(23)15-5-3-14(4-6-15)16-7-10-24-12-16/h3-10,12-13,17H,11H2,1-2H3,(H,21,23)/t17-/m1/s1. The molecule has 0 bridgehead atoms. The van der Waals surface area contributed by atoms with Gasteiger partial charge in [0.1, 0.15) is 0 Å². The lowest BCUT2D eigenvalue weighted by molar-refractivity contribution is 0.0918. The van der Waals surface area contributed by atoms with E-state index in [1.54, 1.807) is 28.5 Å². The largest absolute Gasteiger partial charge is 0.347 e. The normalized spacial score (nSPS) is 12.3. The van der Waals surface area contributed by atoms with Gasteiger partial charge in [-0.15, -0.1) is 0 Å². The van der Waals surface area contributed by atoms with E-state index in [0.29, 0.717) is 12.1 Å². The molecule has 3 aromatic rings. The predicted octanol–water partition coefficient (Wildman–Crippen LogP) is 3.46. The maximum Gasteiger partial charge on any atom is 0.251 e. The fraction of sp³-hybridized carbons (Fsp3) is 0.278. The maximum atomic E-state index is 12.5. The van der Waals surface area contributed by atoms with E-state index in [-0.39, 0.29) is 17.9 Å². The highest BCUT2D eigenvalue weighted by atomic mass is 32.1. The lowest BCUT2D eigenvalue weighted by atomic mass is 10.0. The molecule has 2 aromatic heterocycles. The third-order valence-electron chi connectivity index (χ3n) is 3.95. The first kappa shape index (κ1) is 16.4. The average Bonchev–Trinajstić information content (AvgIpc) is 3.28. The van der Waals surface area contributed by atoms with E-state index in [1.807, 2.05) is 29.6 Å². The lowest BCUT2D eigenvalue weighted by Crippen LogP contribution is -2.42. The summed E-state index contributed by atoms with van der Waals surface area (Å²) in [6, 6.07) is 9.75. The molecule has 6 heteroatoms. The molecule has 3 rings (SSSR count). The first-order chi connectivity index (χ1) is 11.6. The van der Waals surface area contributed by atoms with Crippen molar-refractivity contribution in [1.29, 1.82) is 0 Å². The number of benzene rings is 1. The molecule has 1 atom stereocenters. The molecule has 0 fully saturated rings. The van der Waals surface area contributed by atoms with Crippen LogP contribution in [0.15, 0.2) is 53.5 Å². The van der Waals surface area contributed by atoms with Crippen molar-refractivity contribution in [2.24, 2.45) is 5.92 Å². The van der Waals surface area contributed by atoms with Crippen LogP contribution in [0, 0.1) is 5.92 Å². The molecule has 0 radical (unpaired) electrons. The van der Waals surface area contributed by atoms with Crippen LogP contribution < -0.4 is 5.32 Å². The van der Waals surface area contributed by atoms with E-state index in [4.69, 9.17) is 0 Å². The fourth-order valence-corrected chi connectivity index (χ4v) is 3.10. The van der Waals surface area contributed by atoms with Crippen molar-refractivity contribution in [2.75, 3.05) is 0 Å². The number of hydrogen-bond donors (Lipinski definition) is 1. The Morgan fingerprint density at radius 2 is 1.83 bits per heavy atom. The zero-order valence-electron chi connectivity index (χ0n) is 13.7. The SMILES string of the molecule is CC(C)[C@@H](Cn1nccn1)NC(=O)c1ccc(-c2ccsc2)cc1. The molecule has 0 aliphatic heterocycles. The minimum Gasteiger partial charge on any atom is -0.347 e. The maximum absolute atomic E-state index is 12.5. The van der Waals surface area contributed by atoms with Crippen molar-refractivity contribution in [3.63, 3.8) is 0 Å². The van der Waals surface area contributed by atoms with Crippen LogP contribution in [0.1, 0.15) is 24.2 Å². The summed E-state index contributed by atoms with van der Waals surface area (Å²) in [5.74, 6) is 0.211. The fourth-order valence-electron chi connectivity index (χ4n) is 2.43. The number of hydrogen-bond acceptors (Lipinski definition) is 4. The van der Waals surface area contributed by atoms with Crippen LogP contribution in [0.2, 0.25) is 0 Å². The van der Waals surface area contributed by atoms with Crippen molar-refractivity contribution < 1.29 is 4.79 Å². The van der Waals surface area contributed by atoms with Gasteiger partial charge >= 0.3 is 0 Å². The number of nitrogens with one attached hydrogen (secondary N) is 1. The summed E-state index contributed by atoms with van der Waals surface area (Å²) >= 11 is 1.66. The Morgan fingerprint density at radius 3 is 2.42 bits per heavy atom. The average molecular weight is 340 g/mol. The number of rotatable bonds is 6. The van der Waals surface area contributed by atoms with Gasteiger partial charge in [-0.2, -0.15) is 26.3 Å². The zero-order valence-corrected chi connectivity index (χ0v) is 14.5. The van der Waals surface area contributed by atoms with Crippen LogP contribution in [0.25, 0.3) is 11.1 Å². The molecule has 0 spiro atoms. The highest BCUT2D eigenvalue weighted by Gasteiger charge is 2.18. The monoisotopic (exact) mass is 340 g/mol. The number of carbonyl (C=O) groups excluding carboxylic acids is 1. The van der Waals surface area contributed by atoms with Crippen LogP contribution in [0.4, 0.5) is 0 Å². The number of amides is 1. The number of aromatic nitrogens is 3. The van der Waals surface area contributed by atoms with Crippen LogP contribution in [0.5, 0.6) is 0 Å². The molecule has 1 aromatic carbocycles. The molecule has 5 nitrogen and oxygen atoms in total. The third kappa shape index (κ3) is 3.89. The topological polar surface area (TPSA) is 59.8 Å². The molecule has 0 unspecified atom stereocenters. The Balaban J connectivity index is 1.68. The first-order valence-corrected chi connectivity index (χ1v) is 8.85. The van der Waals surface area contributed by atoms with Crippen LogP contribution >= 0.6 is 11.3 Å². The van der Waals surface area contributed by atoms with Gasteiger partial charge in [-0.1, -0.05) is 26.0 Å². The second-order valence-electron chi connectivity index (χ2n) is 6.00. The molecule has 1 amide bonds. The summed E-state index contributed by atoms with van der Waals surface area (Å²) < 4.78 is 0. The highest BCUT2D eigenvalue weighted by molar-refractivity contribution is 7.08. The van der Waals surface area contributed by atoms with E-state index < -0.39 is 0 Å². The molecule has 2 heterocycles. The molecule has 24 heavy (non-hydrogen) atoms. The molecular weight excluding hydrogens is 320 g/mol. The van der Waals surface area contributed by atoms with Crippen molar-refractivity contribution in [2.45, 2.75) is 26.4 Å². The Labute approximate surface area is 145 Å². The van der Waals surface area contributed by atoms with Crippen LogP contribution in [0.3, 0.4) is 0 Å². The van der Waals surface area contributed by atoms with E-state index in [0.717, 1.165) is 5.56 Å². The molecule has 1 N–H and O–H groups in total. The summed E-state index contributed by atoms with van der Waals surface area (Å²) in [5.41, 5.74) is 2.96. The van der Waals surface area contributed by atoms with E-state index in [2.05, 4.69) is 40.8 Å². The lowest BCUT2D eigenvalue weighted by Gasteiger charge is -2.22. The molecule has 0 aliphatic carbocycles. The Bertz CT molecular complexity index is 764. The van der Waals surface area contributed by atoms with E-state index >= 15 is 0 Å². The van der Waals surface area contributed by atoms with Crippen LogP contribution in [-0.2, 0) is 6.54 Å². The third-order valence-corrected chi connectivity index (χ3v) is 4.63. The summed E-state index contributed by atoms with van der Waals surface area (Å²) in [6.07, 6.45) is 3.28. The van der Waals surface area contributed by atoms with E-state index in [9.17, 15) is 4.79 Å². The number of thiophene rings is 1. The van der Waals surface area contributed by atoms with Gasteiger partial charge in [0.15, 0.2) is 0 Å². The second kappa shape index (κ2) is 7.40. The molecule has 0 saturated heterocycles. The van der Waals surface area contributed by atoms with Crippen molar-refractivity contribution >= 4 is 17.2 Å². The zero-order chi connectivity index (χ0) is 16.9. The Hall–Kier alpha value is -2.47. The number of nitrogens with zero attached hydrogens (tertiary/aromatic N) is 3. The number of carbonyl (C=O) groups is 1. The van der Waals surface area contributed by atoms with Crippen LogP contribution in [-0.4, -0.2) is 26.9 Å². The van der Waals surface area contributed by atoms with Crippen molar-refractivity contribution in [3.05, 3.63) is 59.0 Å². The van der Waals surface area contributed by atoms with Gasteiger partial charge in [0.25, 0.3) is 5.91 Å². The van der Waals surface area contributed by atoms with Crippen molar-refractivity contribution in [1.82, 2.24) is 20.3 Å². The summed E-state index contributed by atoms with van der Waals surface area (Å²) in [4.78, 5) is 14.1. The van der Waals surface area contributed by atoms with Gasteiger partial charge in [0, 0.05) is 5.56 Å². The van der Waals surface area contributed by atoms with E-state index in [1.165, 1.54) is 5.56 Å². The van der Waals surface area contributed by atoms with Gasteiger partial charge in [-0.25, -0.2) is 0 Å². The summed E-state index contributed by atoms with van der Waals surface area (Å²) in [7, 11) is 0. The second-order valence-corrected chi connectivity index (χ2v) is 6.78. The molecule has 124 valence electrons. The minimum absolute atomic E-state index is 0.0264.